The van der Waals surface area contributed by atoms with Gasteiger partial charge in [-0.15, -0.1) is 5.10 Å². The molecule has 1 aliphatic rings. The fourth-order valence-corrected chi connectivity index (χ4v) is 3.55. The third-order valence-corrected chi connectivity index (χ3v) is 5.31. The summed E-state index contributed by atoms with van der Waals surface area (Å²) in [6.07, 6.45) is 2.48. The summed E-state index contributed by atoms with van der Waals surface area (Å²) in [6, 6.07) is 4.74. The Morgan fingerprint density at radius 2 is 2.20 bits per heavy atom. The Balaban J connectivity index is 2.28. The standard InChI is InChI=1S/C16H16Cl2N4O2S/c1-4-10-11(14(23)24-2)13(8-6-5-7-9(17)12(8)18)22-15(19-10)20-16(21-22)25-3/h5-7,13H,4H2,1-3H3,(H,19,20,21). The number of thioether (sulfide) groups is 1. The number of aromatic nitrogens is 3. The largest absolute Gasteiger partial charge is 0.466 e. The number of benzene rings is 1. The van der Waals surface area contributed by atoms with E-state index < -0.39 is 12.0 Å². The molecule has 1 atom stereocenters. The molecular weight excluding hydrogens is 383 g/mol. The summed E-state index contributed by atoms with van der Waals surface area (Å²) in [7, 11) is 1.35. The lowest BCUT2D eigenvalue weighted by molar-refractivity contribution is -0.136. The first-order valence-corrected chi connectivity index (χ1v) is 9.52. The molecule has 1 unspecified atom stereocenters. The quantitative estimate of drug-likeness (QED) is 0.615. The number of carbonyl (C=O) groups is 1. The van der Waals surface area contributed by atoms with Crippen LogP contribution in [0.15, 0.2) is 34.6 Å². The molecule has 0 aliphatic carbocycles. The summed E-state index contributed by atoms with van der Waals surface area (Å²) in [5, 5.41) is 9.05. The highest BCUT2D eigenvalue weighted by atomic mass is 35.5. The molecule has 1 aromatic carbocycles. The number of nitrogens with zero attached hydrogens (tertiary/aromatic N) is 3. The number of hydrogen-bond acceptors (Lipinski definition) is 6. The number of fused-ring (bicyclic) bond motifs is 1. The molecule has 3 rings (SSSR count). The van der Waals surface area contributed by atoms with Gasteiger partial charge in [-0.1, -0.05) is 54.0 Å². The summed E-state index contributed by atoms with van der Waals surface area (Å²) < 4.78 is 6.66. The van der Waals surface area contributed by atoms with E-state index in [0.29, 0.717) is 38.7 Å². The van der Waals surface area contributed by atoms with Crippen molar-refractivity contribution in [2.24, 2.45) is 0 Å². The Morgan fingerprint density at radius 3 is 2.84 bits per heavy atom. The number of carbonyl (C=O) groups excluding carboxylic acids is 1. The van der Waals surface area contributed by atoms with Crippen LogP contribution < -0.4 is 5.32 Å². The maximum atomic E-state index is 12.5. The van der Waals surface area contributed by atoms with Crippen molar-refractivity contribution >= 4 is 46.9 Å². The second-order valence-electron chi connectivity index (χ2n) is 5.27. The van der Waals surface area contributed by atoms with Gasteiger partial charge in [-0.05, 0) is 18.7 Å². The van der Waals surface area contributed by atoms with Crippen molar-refractivity contribution in [1.82, 2.24) is 14.8 Å². The Bertz CT molecular complexity index is 866. The van der Waals surface area contributed by atoms with E-state index >= 15 is 0 Å². The van der Waals surface area contributed by atoms with Crippen molar-refractivity contribution < 1.29 is 9.53 Å². The van der Waals surface area contributed by atoms with Crippen LogP contribution in [0.5, 0.6) is 0 Å². The first-order valence-electron chi connectivity index (χ1n) is 7.54. The predicted molar refractivity (Wildman–Crippen MR) is 99.4 cm³/mol. The molecule has 25 heavy (non-hydrogen) atoms. The molecule has 0 spiro atoms. The summed E-state index contributed by atoms with van der Waals surface area (Å²) >= 11 is 14.1. The Hall–Kier alpha value is -1.70. The minimum atomic E-state index is -0.571. The summed E-state index contributed by atoms with van der Waals surface area (Å²) in [6.45, 7) is 1.95. The van der Waals surface area contributed by atoms with Crippen LogP contribution in [-0.2, 0) is 9.53 Å². The van der Waals surface area contributed by atoms with Gasteiger partial charge in [0.05, 0.1) is 22.7 Å². The molecule has 0 saturated heterocycles. The minimum absolute atomic E-state index is 0.375. The van der Waals surface area contributed by atoms with Crippen LogP contribution in [0.1, 0.15) is 24.9 Å². The van der Waals surface area contributed by atoms with E-state index in [4.69, 9.17) is 27.9 Å². The number of allylic oxidation sites excluding steroid dienone is 1. The highest BCUT2D eigenvalue weighted by Crippen LogP contribution is 2.41. The fraction of sp³-hybridized carbons (Fsp3) is 0.312. The predicted octanol–water partition coefficient (Wildman–Crippen LogP) is 4.16. The van der Waals surface area contributed by atoms with E-state index in [9.17, 15) is 4.79 Å². The van der Waals surface area contributed by atoms with Gasteiger partial charge >= 0.3 is 5.97 Å². The number of ether oxygens (including phenoxy) is 1. The van der Waals surface area contributed by atoms with Crippen LogP contribution in [0.2, 0.25) is 10.0 Å². The molecule has 0 radical (unpaired) electrons. The third-order valence-electron chi connectivity index (χ3n) is 3.94. The Kier molecular flexibility index (Phi) is 5.27. The van der Waals surface area contributed by atoms with Crippen LogP contribution in [0, 0.1) is 0 Å². The molecule has 0 bridgehead atoms. The van der Waals surface area contributed by atoms with Crippen LogP contribution in [-0.4, -0.2) is 34.1 Å². The number of hydrogen-bond donors (Lipinski definition) is 1. The molecular formula is C16H16Cl2N4O2S. The third kappa shape index (κ3) is 3.12. The van der Waals surface area contributed by atoms with Gasteiger partial charge in [-0.3, -0.25) is 0 Å². The lowest BCUT2D eigenvalue weighted by atomic mass is 9.94. The molecule has 6 nitrogen and oxygen atoms in total. The highest BCUT2D eigenvalue weighted by Gasteiger charge is 2.36. The number of anilines is 1. The number of rotatable bonds is 4. The van der Waals surface area contributed by atoms with Crippen LogP contribution in [0.25, 0.3) is 0 Å². The maximum absolute atomic E-state index is 12.5. The van der Waals surface area contributed by atoms with Crippen molar-refractivity contribution in [2.45, 2.75) is 24.5 Å². The van der Waals surface area contributed by atoms with Crippen molar-refractivity contribution in [3.05, 3.63) is 45.1 Å². The summed E-state index contributed by atoms with van der Waals surface area (Å²) in [5.41, 5.74) is 1.83. The second-order valence-corrected chi connectivity index (χ2v) is 6.83. The lowest BCUT2D eigenvalue weighted by Gasteiger charge is -2.29. The van der Waals surface area contributed by atoms with Gasteiger partial charge in [0.15, 0.2) is 0 Å². The molecule has 2 heterocycles. The molecule has 1 aromatic heterocycles. The molecule has 0 amide bonds. The topological polar surface area (TPSA) is 69.0 Å². The monoisotopic (exact) mass is 398 g/mol. The van der Waals surface area contributed by atoms with E-state index in [1.165, 1.54) is 18.9 Å². The molecule has 9 heteroatoms. The lowest BCUT2D eigenvalue weighted by Crippen LogP contribution is -2.30. The van der Waals surface area contributed by atoms with Gasteiger partial charge in [-0.25, -0.2) is 9.48 Å². The van der Waals surface area contributed by atoms with Gasteiger partial charge in [0.25, 0.3) is 0 Å². The second kappa shape index (κ2) is 7.27. The zero-order valence-corrected chi connectivity index (χ0v) is 16.2. The van der Waals surface area contributed by atoms with Crippen molar-refractivity contribution in [2.75, 3.05) is 18.7 Å². The van der Waals surface area contributed by atoms with Crippen LogP contribution >= 0.6 is 35.0 Å². The molecule has 0 fully saturated rings. The van der Waals surface area contributed by atoms with Crippen LogP contribution in [0.4, 0.5) is 5.95 Å². The smallest absolute Gasteiger partial charge is 0.338 e. The number of nitrogens with one attached hydrogen (secondary N) is 1. The van der Waals surface area contributed by atoms with Crippen LogP contribution in [0.3, 0.4) is 0 Å². The minimum Gasteiger partial charge on any atom is -0.466 e. The Morgan fingerprint density at radius 1 is 1.44 bits per heavy atom. The number of esters is 1. The van der Waals surface area contributed by atoms with E-state index in [1.807, 2.05) is 19.2 Å². The maximum Gasteiger partial charge on any atom is 0.338 e. The normalized spacial score (nSPS) is 16.4. The van der Waals surface area contributed by atoms with Crippen molar-refractivity contribution in [1.29, 1.82) is 0 Å². The van der Waals surface area contributed by atoms with Gasteiger partial charge in [0, 0.05) is 11.3 Å². The first-order chi connectivity index (χ1) is 12.0. The zero-order chi connectivity index (χ0) is 18.1. The van der Waals surface area contributed by atoms with E-state index in [2.05, 4.69) is 15.4 Å². The van der Waals surface area contributed by atoms with Gasteiger partial charge in [-0.2, -0.15) is 4.98 Å². The Labute approximate surface area is 159 Å². The number of methoxy groups -OCH3 is 1. The average Bonchev–Trinajstić information content (AvgIpc) is 3.04. The zero-order valence-electron chi connectivity index (χ0n) is 13.8. The molecule has 132 valence electrons. The molecule has 2 aromatic rings. The molecule has 1 N–H and O–H groups in total. The summed E-state index contributed by atoms with van der Waals surface area (Å²) in [4.78, 5) is 17.0. The SMILES string of the molecule is CCC1=C(C(=O)OC)C(c2cccc(Cl)c2Cl)n2nc(SC)nc2N1. The van der Waals surface area contributed by atoms with Gasteiger partial charge in [0.1, 0.15) is 6.04 Å². The molecule has 0 saturated carbocycles. The fourth-order valence-electron chi connectivity index (χ4n) is 2.79. The van der Waals surface area contributed by atoms with Crippen molar-refractivity contribution in [3.8, 4) is 0 Å². The van der Waals surface area contributed by atoms with E-state index in [0.717, 1.165) is 5.70 Å². The summed E-state index contributed by atoms with van der Waals surface area (Å²) in [5.74, 6) is 0.104. The average molecular weight is 399 g/mol. The number of halogens is 2. The van der Waals surface area contributed by atoms with E-state index in [-0.39, 0.29) is 0 Å². The highest BCUT2D eigenvalue weighted by molar-refractivity contribution is 7.98. The van der Waals surface area contributed by atoms with E-state index in [1.54, 1.807) is 16.8 Å². The van der Waals surface area contributed by atoms with Gasteiger partial charge < -0.3 is 10.1 Å². The van der Waals surface area contributed by atoms with Crippen molar-refractivity contribution in [3.63, 3.8) is 0 Å². The molecule has 1 aliphatic heterocycles. The van der Waals surface area contributed by atoms with Gasteiger partial charge in [0.2, 0.25) is 11.1 Å². The first kappa shape index (κ1) is 18.1.